The molecule has 0 saturated carbocycles. The lowest BCUT2D eigenvalue weighted by molar-refractivity contribution is 1.41. The van der Waals surface area contributed by atoms with Gasteiger partial charge in [-0.1, -0.05) is 27.5 Å². The van der Waals surface area contributed by atoms with Crippen molar-refractivity contribution in [3.05, 3.63) is 33.4 Å². The third-order valence-corrected chi connectivity index (χ3v) is 2.67. The fourth-order valence-electron chi connectivity index (χ4n) is 1.34. The summed E-state index contributed by atoms with van der Waals surface area (Å²) in [5.74, 6) is 0. The van der Waals surface area contributed by atoms with Crippen LogP contribution in [0, 0.1) is 6.92 Å². The molecule has 0 amide bonds. The minimum absolute atomic E-state index is 0.773. The predicted molar refractivity (Wildman–Crippen MR) is 55.7 cm³/mol. The number of benzene rings is 1. The second kappa shape index (κ2) is 2.79. The maximum atomic E-state index is 5.96. The molecular weight excluding hydrogens is 237 g/mol. The third kappa shape index (κ3) is 1.15. The van der Waals surface area contributed by atoms with Gasteiger partial charge in [-0.2, -0.15) is 0 Å². The van der Waals surface area contributed by atoms with Gasteiger partial charge in [0.2, 0.25) is 0 Å². The molecule has 0 spiro atoms. The Morgan fingerprint density at radius 1 is 1.42 bits per heavy atom. The molecule has 2 rings (SSSR count). The highest BCUT2D eigenvalue weighted by Crippen LogP contribution is 2.28. The van der Waals surface area contributed by atoms with E-state index < -0.39 is 0 Å². The lowest BCUT2D eigenvalue weighted by atomic mass is 10.2. The van der Waals surface area contributed by atoms with Crippen LogP contribution in [0.2, 0.25) is 5.02 Å². The van der Waals surface area contributed by atoms with Gasteiger partial charge in [0.25, 0.3) is 0 Å². The highest BCUT2D eigenvalue weighted by atomic mass is 79.9. The fraction of sp³-hybridized carbons (Fsp3) is 0.111. The number of aromatic amines is 1. The van der Waals surface area contributed by atoms with E-state index in [1.165, 1.54) is 5.56 Å². The molecule has 1 nitrogen and oxygen atoms in total. The highest BCUT2D eigenvalue weighted by Gasteiger charge is 2.04. The highest BCUT2D eigenvalue weighted by molar-refractivity contribution is 9.10. The average Bonchev–Trinajstić information content (AvgIpc) is 2.33. The zero-order valence-corrected chi connectivity index (χ0v) is 8.83. The number of hydrogen-bond acceptors (Lipinski definition) is 0. The Labute approximate surface area is 83.9 Å². The van der Waals surface area contributed by atoms with Crippen LogP contribution in [0.5, 0.6) is 0 Å². The Bertz CT molecular complexity index is 433. The van der Waals surface area contributed by atoms with Crippen molar-refractivity contribution in [3.8, 4) is 0 Å². The second-order valence-electron chi connectivity index (χ2n) is 2.78. The first-order chi connectivity index (χ1) is 5.68. The lowest BCUT2D eigenvalue weighted by Gasteiger charge is -1.97. The monoisotopic (exact) mass is 243 g/mol. The maximum absolute atomic E-state index is 5.96. The molecular formula is C9H7BrClN. The van der Waals surface area contributed by atoms with Crippen molar-refractivity contribution >= 4 is 38.4 Å². The van der Waals surface area contributed by atoms with Gasteiger partial charge in [-0.15, -0.1) is 0 Å². The van der Waals surface area contributed by atoms with Gasteiger partial charge in [-0.25, -0.2) is 0 Å². The number of rotatable bonds is 0. The summed E-state index contributed by atoms with van der Waals surface area (Å²) >= 11 is 9.39. The Hall–Kier alpha value is -0.470. The zero-order valence-electron chi connectivity index (χ0n) is 6.49. The van der Waals surface area contributed by atoms with Crippen molar-refractivity contribution in [2.24, 2.45) is 0 Å². The van der Waals surface area contributed by atoms with Crippen molar-refractivity contribution in [1.29, 1.82) is 0 Å². The normalized spacial score (nSPS) is 10.9. The smallest absolute Gasteiger partial charge is 0.0659 e. The Morgan fingerprint density at radius 2 is 2.17 bits per heavy atom. The second-order valence-corrected chi connectivity index (χ2v) is 4.10. The molecule has 0 radical (unpaired) electrons. The summed E-state index contributed by atoms with van der Waals surface area (Å²) in [6.07, 6.45) is 1.81. The van der Waals surface area contributed by atoms with Crippen LogP contribution in [0.3, 0.4) is 0 Å². The van der Waals surface area contributed by atoms with Gasteiger partial charge >= 0.3 is 0 Å². The number of H-pyrrole nitrogens is 1. The van der Waals surface area contributed by atoms with E-state index in [1.54, 1.807) is 0 Å². The van der Waals surface area contributed by atoms with Gasteiger partial charge in [0, 0.05) is 21.6 Å². The van der Waals surface area contributed by atoms with Gasteiger partial charge < -0.3 is 4.98 Å². The Morgan fingerprint density at radius 3 is 2.92 bits per heavy atom. The fourth-order valence-corrected chi connectivity index (χ4v) is 2.11. The van der Waals surface area contributed by atoms with Crippen LogP contribution >= 0.6 is 27.5 Å². The summed E-state index contributed by atoms with van der Waals surface area (Å²) in [4.78, 5) is 3.13. The van der Waals surface area contributed by atoms with Crippen LogP contribution in [0.25, 0.3) is 10.9 Å². The Balaban J connectivity index is 2.92. The minimum atomic E-state index is 0.773. The summed E-state index contributed by atoms with van der Waals surface area (Å²) in [5, 5.41) is 1.85. The van der Waals surface area contributed by atoms with Crippen LogP contribution in [-0.4, -0.2) is 4.98 Å². The molecule has 0 fully saturated rings. The summed E-state index contributed by atoms with van der Waals surface area (Å²) in [6.45, 7) is 2.06. The number of hydrogen-bond donors (Lipinski definition) is 1. The van der Waals surface area contributed by atoms with E-state index in [1.807, 2.05) is 12.3 Å². The molecule has 0 aliphatic heterocycles. The molecule has 62 valence electrons. The molecule has 3 heteroatoms. The molecule has 1 N–H and O–H groups in total. The van der Waals surface area contributed by atoms with Gasteiger partial charge in [0.1, 0.15) is 0 Å². The van der Waals surface area contributed by atoms with E-state index in [-0.39, 0.29) is 0 Å². The molecule has 1 aromatic carbocycles. The predicted octanol–water partition coefficient (Wildman–Crippen LogP) is 3.89. The molecule has 0 bridgehead atoms. The molecule has 12 heavy (non-hydrogen) atoms. The van der Waals surface area contributed by atoms with Crippen LogP contribution in [0.4, 0.5) is 0 Å². The molecule has 0 saturated heterocycles. The van der Waals surface area contributed by atoms with Crippen molar-refractivity contribution < 1.29 is 0 Å². The standard InChI is InChI=1S/C9H7BrClN/c1-5-2-6(10)3-7-8(11)4-12-9(5)7/h2-4,12H,1H3. The number of aromatic nitrogens is 1. The number of nitrogens with one attached hydrogen (secondary N) is 1. The van der Waals surface area contributed by atoms with Gasteiger partial charge in [0.05, 0.1) is 5.02 Å². The lowest BCUT2D eigenvalue weighted by Crippen LogP contribution is -1.76. The van der Waals surface area contributed by atoms with Crippen molar-refractivity contribution in [1.82, 2.24) is 4.98 Å². The van der Waals surface area contributed by atoms with E-state index >= 15 is 0 Å². The first-order valence-corrected chi connectivity index (χ1v) is 4.78. The first-order valence-electron chi connectivity index (χ1n) is 3.61. The van der Waals surface area contributed by atoms with Gasteiger partial charge in [0.15, 0.2) is 0 Å². The van der Waals surface area contributed by atoms with E-state index in [2.05, 4.69) is 33.9 Å². The van der Waals surface area contributed by atoms with Crippen molar-refractivity contribution in [2.45, 2.75) is 6.92 Å². The van der Waals surface area contributed by atoms with Gasteiger partial charge in [-0.3, -0.25) is 0 Å². The zero-order chi connectivity index (χ0) is 8.72. The molecule has 1 heterocycles. The van der Waals surface area contributed by atoms with Crippen LogP contribution in [0.1, 0.15) is 5.56 Å². The van der Waals surface area contributed by atoms with Crippen LogP contribution < -0.4 is 0 Å². The Kier molecular flexibility index (Phi) is 1.89. The molecule has 0 aliphatic carbocycles. The quantitative estimate of drug-likeness (QED) is 0.724. The molecule has 0 atom stereocenters. The summed E-state index contributed by atoms with van der Waals surface area (Å²) < 4.78 is 1.06. The summed E-state index contributed by atoms with van der Waals surface area (Å²) in [6, 6.07) is 4.08. The van der Waals surface area contributed by atoms with Gasteiger partial charge in [-0.05, 0) is 24.6 Å². The first kappa shape index (κ1) is 8.14. The van der Waals surface area contributed by atoms with Crippen LogP contribution in [-0.2, 0) is 0 Å². The largest absolute Gasteiger partial charge is 0.360 e. The van der Waals surface area contributed by atoms with E-state index in [4.69, 9.17) is 11.6 Å². The van der Waals surface area contributed by atoms with E-state index in [0.29, 0.717) is 0 Å². The summed E-state index contributed by atoms with van der Waals surface area (Å²) in [7, 11) is 0. The maximum Gasteiger partial charge on any atom is 0.0659 e. The van der Waals surface area contributed by atoms with Crippen LogP contribution in [0.15, 0.2) is 22.8 Å². The molecule has 0 aliphatic rings. The summed E-state index contributed by atoms with van der Waals surface area (Å²) in [5.41, 5.74) is 2.31. The van der Waals surface area contributed by atoms with E-state index in [0.717, 1.165) is 20.4 Å². The number of fused-ring (bicyclic) bond motifs is 1. The van der Waals surface area contributed by atoms with Crippen molar-refractivity contribution in [3.63, 3.8) is 0 Å². The number of halogens is 2. The molecule has 2 aromatic rings. The topological polar surface area (TPSA) is 15.8 Å². The third-order valence-electron chi connectivity index (χ3n) is 1.90. The average molecular weight is 245 g/mol. The number of aryl methyl sites for hydroxylation is 1. The van der Waals surface area contributed by atoms with E-state index in [9.17, 15) is 0 Å². The minimum Gasteiger partial charge on any atom is -0.360 e. The SMILES string of the molecule is Cc1cc(Br)cc2c(Cl)c[nH]c12. The molecule has 0 unspecified atom stereocenters. The van der Waals surface area contributed by atoms with Crippen molar-refractivity contribution in [2.75, 3.05) is 0 Å². The molecule has 1 aromatic heterocycles.